The lowest BCUT2D eigenvalue weighted by atomic mass is 9.69. The second-order valence-corrected chi connectivity index (χ2v) is 7.73. The quantitative estimate of drug-likeness (QED) is 0.835. The van der Waals surface area contributed by atoms with Crippen LogP contribution in [0.1, 0.15) is 63.6 Å². The molecule has 2 heterocycles. The van der Waals surface area contributed by atoms with Crippen molar-refractivity contribution >= 4 is 11.5 Å². The van der Waals surface area contributed by atoms with Gasteiger partial charge in [-0.05, 0) is 55.6 Å². The Kier molecular flexibility index (Phi) is 3.46. The Labute approximate surface area is 127 Å². The van der Waals surface area contributed by atoms with Crippen LogP contribution in [0.25, 0.3) is 5.65 Å². The van der Waals surface area contributed by atoms with E-state index in [1.807, 2.05) is 4.40 Å². The van der Waals surface area contributed by atoms with E-state index in [4.69, 9.17) is 10.7 Å². The van der Waals surface area contributed by atoms with Crippen molar-refractivity contribution in [2.75, 3.05) is 5.73 Å². The van der Waals surface area contributed by atoms with Crippen LogP contribution in [0.2, 0.25) is 0 Å². The van der Waals surface area contributed by atoms with Crippen molar-refractivity contribution in [3.8, 4) is 0 Å². The Bertz CT molecular complexity index is 640. The first-order valence-electron chi connectivity index (χ1n) is 8.10. The number of aromatic nitrogens is 2. The predicted octanol–water partition coefficient (Wildman–Crippen LogP) is 4.54. The van der Waals surface area contributed by atoms with E-state index in [1.54, 1.807) is 0 Å². The number of rotatable bonds is 1. The molecule has 0 aromatic carbocycles. The van der Waals surface area contributed by atoms with Gasteiger partial charge in [-0.1, -0.05) is 26.8 Å². The second-order valence-electron chi connectivity index (χ2n) is 7.73. The highest BCUT2D eigenvalue weighted by atomic mass is 15.1. The number of anilines is 1. The maximum atomic E-state index is 6.36. The Morgan fingerprint density at radius 2 is 1.81 bits per heavy atom. The van der Waals surface area contributed by atoms with Gasteiger partial charge in [-0.25, -0.2) is 4.98 Å². The topological polar surface area (TPSA) is 43.3 Å². The third kappa shape index (κ3) is 2.66. The van der Waals surface area contributed by atoms with E-state index >= 15 is 0 Å². The van der Waals surface area contributed by atoms with E-state index in [0.29, 0.717) is 11.3 Å². The molecule has 3 nitrogen and oxygen atoms in total. The lowest BCUT2D eigenvalue weighted by molar-refractivity contribution is 0.168. The minimum atomic E-state index is 0.423. The molecule has 2 N–H and O–H groups in total. The lowest BCUT2D eigenvalue weighted by Gasteiger charge is -2.36. The summed E-state index contributed by atoms with van der Waals surface area (Å²) >= 11 is 0. The van der Waals surface area contributed by atoms with E-state index in [1.165, 1.54) is 31.2 Å². The Hall–Kier alpha value is -1.51. The zero-order valence-electron chi connectivity index (χ0n) is 13.7. The molecule has 1 saturated carbocycles. The fraction of sp³-hybridized carbons (Fsp3) is 0.611. The number of fused-ring (bicyclic) bond motifs is 1. The van der Waals surface area contributed by atoms with Crippen LogP contribution < -0.4 is 5.73 Å². The van der Waals surface area contributed by atoms with Crippen molar-refractivity contribution in [2.24, 2.45) is 11.3 Å². The molecule has 3 rings (SSSR count). The fourth-order valence-corrected chi connectivity index (χ4v) is 3.72. The van der Waals surface area contributed by atoms with Crippen molar-refractivity contribution in [1.29, 1.82) is 0 Å². The van der Waals surface area contributed by atoms with E-state index < -0.39 is 0 Å². The molecule has 0 saturated heterocycles. The molecule has 1 fully saturated rings. The Balaban J connectivity index is 1.84. The van der Waals surface area contributed by atoms with Gasteiger partial charge < -0.3 is 5.73 Å². The summed E-state index contributed by atoms with van der Waals surface area (Å²) in [7, 11) is 0. The highest BCUT2D eigenvalue weighted by Gasteiger charge is 2.32. The maximum absolute atomic E-state index is 6.36. The summed E-state index contributed by atoms with van der Waals surface area (Å²) in [5, 5.41) is 0. The number of nitrogens with zero attached hydrogens (tertiary/aromatic N) is 2. The molecule has 21 heavy (non-hydrogen) atoms. The lowest BCUT2D eigenvalue weighted by Crippen LogP contribution is -2.25. The number of imidazole rings is 1. The van der Waals surface area contributed by atoms with E-state index in [0.717, 1.165) is 23.1 Å². The largest absolute Gasteiger partial charge is 0.383 e. The van der Waals surface area contributed by atoms with Crippen molar-refractivity contribution in [3.63, 3.8) is 0 Å². The highest BCUT2D eigenvalue weighted by Crippen LogP contribution is 2.44. The van der Waals surface area contributed by atoms with Gasteiger partial charge >= 0.3 is 0 Å². The maximum Gasteiger partial charge on any atom is 0.138 e. The van der Waals surface area contributed by atoms with Gasteiger partial charge in [0.2, 0.25) is 0 Å². The molecule has 1 aliphatic rings. The molecule has 3 heteroatoms. The second kappa shape index (κ2) is 5.04. The summed E-state index contributed by atoms with van der Waals surface area (Å²) in [6.45, 7) is 9.17. The molecule has 0 amide bonds. The molecule has 0 radical (unpaired) electrons. The van der Waals surface area contributed by atoms with Crippen LogP contribution >= 0.6 is 0 Å². The number of pyridine rings is 1. The summed E-state index contributed by atoms with van der Waals surface area (Å²) in [5.41, 5.74) is 10.1. The third-order valence-electron chi connectivity index (χ3n) is 5.17. The van der Waals surface area contributed by atoms with E-state index in [9.17, 15) is 0 Å². The smallest absolute Gasteiger partial charge is 0.138 e. The molecule has 0 atom stereocenters. The number of nitrogens with two attached hydrogens (primary N) is 1. The van der Waals surface area contributed by atoms with E-state index in [-0.39, 0.29) is 0 Å². The van der Waals surface area contributed by atoms with Gasteiger partial charge in [0, 0.05) is 12.1 Å². The molecule has 1 aliphatic carbocycles. The molecule has 2 aromatic heterocycles. The third-order valence-corrected chi connectivity index (χ3v) is 5.17. The molecule has 114 valence electrons. The standard InChI is InChI=1S/C18H27N3/c1-12-5-10-15-20-16(17(19)21(15)11-12)13-6-8-14(9-7-13)18(2,3)4/h5,10-11,13-14H,6-9,19H2,1-4H3. The van der Waals surface area contributed by atoms with Crippen LogP contribution in [0.3, 0.4) is 0 Å². The predicted molar refractivity (Wildman–Crippen MR) is 88.5 cm³/mol. The molecule has 0 aliphatic heterocycles. The molecular formula is C18H27N3. The minimum Gasteiger partial charge on any atom is -0.383 e. The Morgan fingerprint density at radius 1 is 1.14 bits per heavy atom. The van der Waals surface area contributed by atoms with Gasteiger partial charge in [0.25, 0.3) is 0 Å². The summed E-state index contributed by atoms with van der Waals surface area (Å²) in [4.78, 5) is 4.80. The number of hydrogen-bond donors (Lipinski definition) is 1. The van der Waals surface area contributed by atoms with Crippen LogP contribution in [-0.2, 0) is 0 Å². The Morgan fingerprint density at radius 3 is 2.43 bits per heavy atom. The van der Waals surface area contributed by atoms with Crippen LogP contribution in [0.4, 0.5) is 5.82 Å². The van der Waals surface area contributed by atoms with Crippen molar-refractivity contribution in [1.82, 2.24) is 9.38 Å². The molecule has 0 unspecified atom stereocenters. The highest BCUT2D eigenvalue weighted by molar-refractivity contribution is 5.54. The first kappa shape index (κ1) is 14.4. The van der Waals surface area contributed by atoms with Gasteiger partial charge in [-0.2, -0.15) is 0 Å². The monoisotopic (exact) mass is 285 g/mol. The van der Waals surface area contributed by atoms with Crippen LogP contribution in [0.5, 0.6) is 0 Å². The molecule has 2 aromatic rings. The normalized spacial score (nSPS) is 23.6. The summed E-state index contributed by atoms with van der Waals surface area (Å²) < 4.78 is 2.04. The molecule has 0 spiro atoms. The molecule has 0 bridgehead atoms. The van der Waals surface area contributed by atoms with Gasteiger partial charge in [-0.3, -0.25) is 4.40 Å². The van der Waals surface area contributed by atoms with Gasteiger partial charge in [0.05, 0.1) is 5.69 Å². The fourth-order valence-electron chi connectivity index (χ4n) is 3.72. The van der Waals surface area contributed by atoms with Crippen LogP contribution in [-0.4, -0.2) is 9.38 Å². The zero-order chi connectivity index (χ0) is 15.2. The van der Waals surface area contributed by atoms with Crippen molar-refractivity contribution in [2.45, 2.75) is 59.3 Å². The SMILES string of the molecule is Cc1ccc2nc(C3CCC(C(C)(C)C)CC3)c(N)n2c1. The average molecular weight is 285 g/mol. The van der Waals surface area contributed by atoms with Crippen molar-refractivity contribution in [3.05, 3.63) is 29.6 Å². The number of hydrogen-bond acceptors (Lipinski definition) is 2. The first-order valence-corrected chi connectivity index (χ1v) is 8.10. The van der Waals surface area contributed by atoms with E-state index in [2.05, 4.69) is 46.0 Å². The minimum absolute atomic E-state index is 0.423. The van der Waals surface area contributed by atoms with Crippen LogP contribution in [0, 0.1) is 18.3 Å². The molecular weight excluding hydrogens is 258 g/mol. The summed E-state index contributed by atoms with van der Waals surface area (Å²) in [5.74, 6) is 2.20. The van der Waals surface area contributed by atoms with Gasteiger partial charge in [-0.15, -0.1) is 0 Å². The number of aryl methyl sites for hydroxylation is 1. The first-order chi connectivity index (χ1) is 9.86. The summed E-state index contributed by atoms with van der Waals surface area (Å²) in [6.07, 6.45) is 7.10. The van der Waals surface area contributed by atoms with Crippen LogP contribution in [0.15, 0.2) is 18.3 Å². The van der Waals surface area contributed by atoms with Gasteiger partial charge in [0.15, 0.2) is 0 Å². The van der Waals surface area contributed by atoms with Crippen molar-refractivity contribution < 1.29 is 0 Å². The zero-order valence-corrected chi connectivity index (χ0v) is 13.7. The number of nitrogen functional groups attached to an aromatic ring is 1. The summed E-state index contributed by atoms with van der Waals surface area (Å²) in [6, 6.07) is 4.16. The average Bonchev–Trinajstić information content (AvgIpc) is 2.75. The van der Waals surface area contributed by atoms with Gasteiger partial charge in [0.1, 0.15) is 11.5 Å².